The lowest BCUT2D eigenvalue weighted by atomic mass is 9.88. The van der Waals surface area contributed by atoms with Gasteiger partial charge in [-0.05, 0) is 85.4 Å². The van der Waals surface area contributed by atoms with Gasteiger partial charge in [0.05, 0.1) is 5.56 Å². The van der Waals surface area contributed by atoms with Crippen LogP contribution in [0.5, 0.6) is 0 Å². The standard InChI is InChI=1S/C45H48N5O/c1-25-13-19-33-34-20-14-29(5)46-41(34)51-39(33)38(25)36-23-35(28(4)24-50(36)12)37-26(2)21-32(22-27(37)3)30-15-17-31(18-16-30)40-47-42(44(6,7)8)49-43(48-40)45(9,10)11/h13-24H,1-12H3/q+1/i2D3,3D3,4D3,5D3. The summed E-state index contributed by atoms with van der Waals surface area (Å²) in [5.74, 6) is 1.72. The molecule has 0 fully saturated rings. The van der Waals surface area contributed by atoms with Gasteiger partial charge in [0.25, 0.3) is 0 Å². The molecular formula is C45H48N5O+. The Morgan fingerprint density at radius 2 is 1.24 bits per heavy atom. The molecule has 6 heteroatoms. The van der Waals surface area contributed by atoms with Crippen molar-refractivity contribution in [3.8, 4) is 44.9 Å². The fourth-order valence-corrected chi connectivity index (χ4v) is 6.33. The quantitative estimate of drug-likeness (QED) is 0.172. The van der Waals surface area contributed by atoms with Crippen molar-refractivity contribution < 1.29 is 25.4 Å². The largest absolute Gasteiger partial charge is 0.437 e. The number of benzene rings is 3. The summed E-state index contributed by atoms with van der Waals surface area (Å²) in [6, 6.07) is 18.1. The lowest BCUT2D eigenvalue weighted by Crippen LogP contribution is -2.31. The van der Waals surface area contributed by atoms with E-state index >= 15 is 0 Å². The molecule has 7 aromatic rings. The predicted molar refractivity (Wildman–Crippen MR) is 209 cm³/mol. The highest BCUT2D eigenvalue weighted by Gasteiger charge is 2.26. The molecule has 3 aromatic carbocycles. The number of nitrogens with zero attached hydrogens (tertiary/aromatic N) is 5. The first-order valence-corrected chi connectivity index (χ1v) is 16.8. The smallest absolute Gasteiger partial charge is 0.227 e. The summed E-state index contributed by atoms with van der Waals surface area (Å²) in [6.45, 7) is 2.83. The second kappa shape index (κ2) is 12.2. The molecule has 0 atom stereocenters. The SMILES string of the molecule is [2H]C([2H])([2H])c1ccc2c(n1)oc1c(-c3cc(-c4c(C([2H])([2H])[2H])cc(-c5ccc(-c6nc(C(C)(C)C)nc(C(C)(C)C)n6)cc5)cc4C([2H])([2H])[2H])c(C([2H])([2H])[2H])c[n+]3C)c(C)ccc12. The first-order chi connectivity index (χ1) is 28.8. The Bertz CT molecular complexity index is 2860. The van der Waals surface area contributed by atoms with Crippen molar-refractivity contribution >= 4 is 22.1 Å². The van der Waals surface area contributed by atoms with Crippen LogP contribution >= 0.6 is 0 Å². The molecule has 0 aliphatic carbocycles. The molecule has 6 nitrogen and oxygen atoms in total. The van der Waals surface area contributed by atoms with Gasteiger partial charge in [-0.25, -0.2) is 24.5 Å². The molecule has 0 aliphatic rings. The Morgan fingerprint density at radius 3 is 1.84 bits per heavy atom. The van der Waals surface area contributed by atoms with Gasteiger partial charge in [-0.2, -0.15) is 0 Å². The zero-order chi connectivity index (χ0) is 46.6. The maximum absolute atomic E-state index is 8.78. The highest BCUT2D eigenvalue weighted by molar-refractivity contribution is 6.09. The zero-order valence-corrected chi connectivity index (χ0v) is 30.1. The highest BCUT2D eigenvalue weighted by atomic mass is 16.3. The molecule has 7 rings (SSSR count). The second-order valence-corrected chi connectivity index (χ2v) is 15.2. The van der Waals surface area contributed by atoms with Crippen molar-refractivity contribution in [2.45, 2.75) is 86.7 Å². The van der Waals surface area contributed by atoms with Gasteiger partial charge in [-0.15, -0.1) is 0 Å². The first-order valence-electron chi connectivity index (χ1n) is 22.8. The third kappa shape index (κ3) is 6.22. The summed E-state index contributed by atoms with van der Waals surface area (Å²) >= 11 is 0. The maximum Gasteiger partial charge on any atom is 0.227 e. The summed E-state index contributed by atoms with van der Waals surface area (Å²) in [5, 5.41) is 1.16. The van der Waals surface area contributed by atoms with Gasteiger partial charge in [0, 0.05) is 60.9 Å². The monoisotopic (exact) mass is 686 g/mol. The van der Waals surface area contributed by atoms with Crippen molar-refractivity contribution in [3.05, 3.63) is 113 Å². The fraction of sp³-hybridized carbons (Fsp3) is 0.311. The number of hydrogen-bond acceptors (Lipinski definition) is 5. The number of pyridine rings is 2. The Morgan fingerprint density at radius 1 is 0.608 bits per heavy atom. The topological polar surface area (TPSA) is 68.6 Å². The molecule has 0 saturated carbocycles. The van der Waals surface area contributed by atoms with Gasteiger partial charge in [-0.1, -0.05) is 90.1 Å². The van der Waals surface area contributed by atoms with E-state index in [0.717, 1.165) is 0 Å². The zero-order valence-electron chi connectivity index (χ0n) is 42.1. The van der Waals surface area contributed by atoms with Crippen LogP contribution in [0.4, 0.5) is 0 Å². The van der Waals surface area contributed by atoms with Crippen LogP contribution in [-0.4, -0.2) is 19.9 Å². The van der Waals surface area contributed by atoms with E-state index < -0.39 is 27.4 Å². The third-order valence-electron chi connectivity index (χ3n) is 9.11. The van der Waals surface area contributed by atoms with E-state index in [2.05, 4.69) is 4.98 Å². The second-order valence-electron chi connectivity index (χ2n) is 15.2. The molecular weight excluding hydrogens is 627 g/mol. The lowest BCUT2D eigenvalue weighted by Gasteiger charge is -2.22. The van der Waals surface area contributed by atoms with Crippen LogP contribution in [0.3, 0.4) is 0 Å². The molecule has 0 bridgehead atoms. The number of fused-ring (bicyclic) bond motifs is 3. The Balaban J connectivity index is 1.47. The summed E-state index contributed by atoms with van der Waals surface area (Å²) in [4.78, 5) is 18.6. The Hall–Kier alpha value is -5.23. The van der Waals surface area contributed by atoms with Crippen LogP contribution < -0.4 is 4.57 Å². The van der Waals surface area contributed by atoms with Crippen molar-refractivity contribution in [1.29, 1.82) is 0 Å². The molecule has 0 N–H and O–H groups in total. The minimum Gasteiger partial charge on any atom is -0.437 e. The molecule has 0 saturated heterocycles. The summed E-state index contributed by atoms with van der Waals surface area (Å²) < 4.78 is 110. The molecule has 4 heterocycles. The first kappa shape index (κ1) is 22.6. The van der Waals surface area contributed by atoms with Crippen LogP contribution in [0.15, 0.2) is 77.3 Å². The van der Waals surface area contributed by atoms with Gasteiger partial charge in [0.15, 0.2) is 17.6 Å². The van der Waals surface area contributed by atoms with E-state index in [0.29, 0.717) is 67.3 Å². The van der Waals surface area contributed by atoms with Crippen LogP contribution in [0.25, 0.3) is 67.0 Å². The van der Waals surface area contributed by atoms with E-state index in [9.17, 15) is 0 Å². The molecule has 258 valence electrons. The molecule has 0 spiro atoms. The van der Waals surface area contributed by atoms with Crippen molar-refractivity contribution in [1.82, 2.24) is 19.9 Å². The van der Waals surface area contributed by atoms with Crippen LogP contribution in [-0.2, 0) is 17.9 Å². The number of furan rings is 1. The van der Waals surface area contributed by atoms with Gasteiger partial charge < -0.3 is 4.42 Å². The summed E-state index contributed by atoms with van der Waals surface area (Å²) in [6.07, 6.45) is 1.36. The lowest BCUT2D eigenvalue weighted by molar-refractivity contribution is -0.660. The Kier molecular flexibility index (Phi) is 5.41. The maximum atomic E-state index is 8.78. The molecule has 0 amide bonds. The minimum absolute atomic E-state index is 0.0862. The summed E-state index contributed by atoms with van der Waals surface area (Å²) in [5.41, 5.74) is 1.30. The number of aryl methyl sites for hydroxylation is 6. The van der Waals surface area contributed by atoms with Gasteiger partial charge in [0.1, 0.15) is 18.7 Å². The third-order valence-corrected chi connectivity index (χ3v) is 9.11. The fourth-order valence-electron chi connectivity index (χ4n) is 6.33. The van der Waals surface area contributed by atoms with E-state index in [-0.39, 0.29) is 50.1 Å². The number of aromatic nitrogens is 5. The normalized spacial score (nSPS) is 16.8. The number of rotatable bonds is 4. The van der Waals surface area contributed by atoms with E-state index in [1.165, 1.54) is 30.5 Å². The average Bonchev–Trinajstić information content (AvgIpc) is 3.53. The predicted octanol–water partition coefficient (Wildman–Crippen LogP) is 10.8. The average molecular weight is 687 g/mol. The van der Waals surface area contributed by atoms with Crippen molar-refractivity contribution in [3.63, 3.8) is 0 Å². The van der Waals surface area contributed by atoms with Gasteiger partial charge >= 0.3 is 0 Å². The van der Waals surface area contributed by atoms with Crippen LogP contribution in [0.2, 0.25) is 0 Å². The highest BCUT2D eigenvalue weighted by Crippen LogP contribution is 2.40. The summed E-state index contributed by atoms with van der Waals surface area (Å²) in [7, 11) is 1.63. The van der Waals surface area contributed by atoms with E-state index in [1.807, 2.05) is 60.6 Å². The molecule has 0 unspecified atom stereocenters. The van der Waals surface area contributed by atoms with Gasteiger partial charge in [0.2, 0.25) is 11.4 Å². The van der Waals surface area contributed by atoms with Crippen molar-refractivity contribution in [2.24, 2.45) is 7.05 Å². The molecule has 0 radical (unpaired) electrons. The van der Waals surface area contributed by atoms with Crippen LogP contribution in [0, 0.1) is 34.3 Å². The van der Waals surface area contributed by atoms with Crippen molar-refractivity contribution in [2.75, 3.05) is 0 Å². The molecule has 0 aliphatic heterocycles. The van der Waals surface area contributed by atoms with E-state index in [1.54, 1.807) is 41.9 Å². The van der Waals surface area contributed by atoms with Crippen LogP contribution in [0.1, 0.15) is 97.6 Å². The Labute approximate surface area is 318 Å². The van der Waals surface area contributed by atoms with Gasteiger partial charge in [-0.3, -0.25) is 0 Å². The molecule has 51 heavy (non-hydrogen) atoms. The minimum atomic E-state index is -2.91. The molecule has 4 aromatic heterocycles. The van der Waals surface area contributed by atoms with E-state index in [4.69, 9.17) is 35.8 Å². The number of hydrogen-bond donors (Lipinski definition) is 0.